The van der Waals surface area contributed by atoms with Crippen LogP contribution in [0, 0.1) is 5.92 Å². The van der Waals surface area contributed by atoms with Gasteiger partial charge in [0.2, 0.25) is 0 Å². The normalized spacial score (nSPS) is 18.0. The highest BCUT2D eigenvalue weighted by molar-refractivity contribution is 5.06. The molecule has 0 amide bonds. The summed E-state index contributed by atoms with van der Waals surface area (Å²) in [6, 6.07) is 7.92. The monoisotopic (exact) mass is 338 g/mol. The van der Waals surface area contributed by atoms with Crippen LogP contribution in [0.2, 0.25) is 0 Å². The highest BCUT2D eigenvalue weighted by atomic mass is 16.5. The van der Waals surface area contributed by atoms with Gasteiger partial charge in [0.05, 0.1) is 38.0 Å². The standard InChI is InChI=1S/C19H22N4O2/c1-2-5-20-18(3-1)15-25-14-17-10-22(9-16-4-8-24-13-16)12-19-21-6-7-23(19)11-17/h1-8,13,17H,9-12,14-15H2/t17-/m0/s1. The van der Waals surface area contributed by atoms with Gasteiger partial charge < -0.3 is 13.7 Å². The molecule has 6 nitrogen and oxygen atoms in total. The van der Waals surface area contributed by atoms with E-state index in [1.165, 1.54) is 5.56 Å². The fourth-order valence-corrected chi connectivity index (χ4v) is 3.30. The molecule has 3 aromatic rings. The number of hydrogen-bond donors (Lipinski definition) is 0. The van der Waals surface area contributed by atoms with Crippen molar-refractivity contribution >= 4 is 0 Å². The van der Waals surface area contributed by atoms with Crippen LogP contribution >= 0.6 is 0 Å². The summed E-state index contributed by atoms with van der Waals surface area (Å²) in [5, 5.41) is 0. The van der Waals surface area contributed by atoms with Gasteiger partial charge in [0.15, 0.2) is 0 Å². The lowest BCUT2D eigenvalue weighted by Crippen LogP contribution is -2.30. The molecule has 3 aromatic heterocycles. The third kappa shape index (κ3) is 4.15. The Balaban J connectivity index is 1.40. The largest absolute Gasteiger partial charge is 0.472 e. The van der Waals surface area contributed by atoms with Crippen molar-refractivity contribution in [3.05, 3.63) is 72.5 Å². The predicted molar refractivity (Wildman–Crippen MR) is 92.4 cm³/mol. The number of hydrogen-bond acceptors (Lipinski definition) is 5. The minimum atomic E-state index is 0.408. The summed E-state index contributed by atoms with van der Waals surface area (Å²) in [5.41, 5.74) is 2.16. The summed E-state index contributed by atoms with van der Waals surface area (Å²) < 4.78 is 13.4. The van der Waals surface area contributed by atoms with Gasteiger partial charge in [-0.25, -0.2) is 4.98 Å². The second-order valence-electron chi connectivity index (χ2n) is 6.50. The molecule has 0 aromatic carbocycles. The van der Waals surface area contributed by atoms with Gasteiger partial charge in [-0.3, -0.25) is 9.88 Å². The molecule has 0 saturated carbocycles. The molecule has 6 heteroatoms. The topological polar surface area (TPSA) is 56.3 Å². The Labute approximate surface area is 147 Å². The van der Waals surface area contributed by atoms with Crippen LogP contribution in [0.1, 0.15) is 17.1 Å². The average molecular weight is 338 g/mol. The average Bonchev–Trinajstić information content (AvgIpc) is 3.25. The number of furan rings is 1. The summed E-state index contributed by atoms with van der Waals surface area (Å²) in [6.45, 7) is 4.86. The molecule has 1 aliphatic heterocycles. The Bertz CT molecular complexity index is 770. The zero-order chi connectivity index (χ0) is 16.9. The molecular formula is C19H22N4O2. The smallest absolute Gasteiger partial charge is 0.122 e. The number of rotatable bonds is 6. The van der Waals surface area contributed by atoms with Gasteiger partial charge in [0.25, 0.3) is 0 Å². The molecule has 0 radical (unpaired) electrons. The van der Waals surface area contributed by atoms with Crippen molar-refractivity contribution in [3.8, 4) is 0 Å². The van der Waals surface area contributed by atoms with Crippen LogP contribution in [0.4, 0.5) is 0 Å². The van der Waals surface area contributed by atoms with Crippen molar-refractivity contribution in [1.29, 1.82) is 0 Å². The first-order chi connectivity index (χ1) is 12.4. The third-order valence-electron chi connectivity index (χ3n) is 4.45. The van der Waals surface area contributed by atoms with Crippen LogP contribution in [0.15, 0.2) is 59.8 Å². The van der Waals surface area contributed by atoms with E-state index in [4.69, 9.17) is 9.15 Å². The Morgan fingerprint density at radius 2 is 2.16 bits per heavy atom. The maximum atomic E-state index is 5.95. The molecule has 0 fully saturated rings. The Morgan fingerprint density at radius 3 is 3.00 bits per heavy atom. The minimum Gasteiger partial charge on any atom is -0.472 e. The van der Waals surface area contributed by atoms with Crippen LogP contribution in [-0.2, 0) is 31.0 Å². The van der Waals surface area contributed by atoms with Crippen LogP contribution in [0.5, 0.6) is 0 Å². The highest BCUT2D eigenvalue weighted by Gasteiger charge is 2.23. The van der Waals surface area contributed by atoms with E-state index in [9.17, 15) is 0 Å². The van der Waals surface area contributed by atoms with Gasteiger partial charge in [-0.05, 0) is 18.2 Å². The van der Waals surface area contributed by atoms with Crippen LogP contribution in [0.25, 0.3) is 0 Å². The van der Waals surface area contributed by atoms with Crippen molar-refractivity contribution in [1.82, 2.24) is 19.4 Å². The number of nitrogens with zero attached hydrogens (tertiary/aromatic N) is 4. The molecule has 0 spiro atoms. The zero-order valence-electron chi connectivity index (χ0n) is 14.1. The van der Waals surface area contributed by atoms with E-state index in [0.29, 0.717) is 19.1 Å². The van der Waals surface area contributed by atoms with E-state index in [1.807, 2.05) is 36.7 Å². The van der Waals surface area contributed by atoms with Crippen LogP contribution in [-0.4, -0.2) is 32.6 Å². The van der Waals surface area contributed by atoms with Crippen molar-refractivity contribution in [3.63, 3.8) is 0 Å². The van der Waals surface area contributed by atoms with Gasteiger partial charge in [-0.1, -0.05) is 6.07 Å². The summed E-state index contributed by atoms with van der Waals surface area (Å²) >= 11 is 0. The van der Waals surface area contributed by atoms with Crippen LogP contribution in [0.3, 0.4) is 0 Å². The molecule has 0 N–H and O–H groups in total. The lowest BCUT2D eigenvalue weighted by Gasteiger charge is -2.23. The van der Waals surface area contributed by atoms with Gasteiger partial charge >= 0.3 is 0 Å². The quantitative estimate of drug-likeness (QED) is 0.692. The second-order valence-corrected chi connectivity index (χ2v) is 6.50. The minimum absolute atomic E-state index is 0.408. The van der Waals surface area contributed by atoms with E-state index in [2.05, 4.69) is 25.6 Å². The van der Waals surface area contributed by atoms with Crippen LogP contribution < -0.4 is 0 Å². The number of imidazole rings is 1. The summed E-state index contributed by atoms with van der Waals surface area (Å²) in [7, 11) is 0. The molecular weight excluding hydrogens is 316 g/mol. The van der Waals surface area contributed by atoms with Crippen molar-refractivity contribution in [2.75, 3.05) is 13.2 Å². The molecule has 1 atom stereocenters. The molecule has 0 saturated heterocycles. The van der Waals surface area contributed by atoms with E-state index in [0.717, 1.165) is 37.7 Å². The number of ether oxygens (including phenoxy) is 1. The Kier molecular flexibility index (Phi) is 4.90. The molecule has 0 aliphatic carbocycles. The first-order valence-corrected chi connectivity index (χ1v) is 8.58. The number of pyridine rings is 1. The van der Waals surface area contributed by atoms with E-state index < -0.39 is 0 Å². The van der Waals surface area contributed by atoms with E-state index >= 15 is 0 Å². The van der Waals surface area contributed by atoms with Crippen molar-refractivity contribution in [2.45, 2.75) is 26.2 Å². The van der Waals surface area contributed by atoms with Crippen molar-refractivity contribution in [2.24, 2.45) is 5.92 Å². The van der Waals surface area contributed by atoms with Gasteiger partial charge in [-0.15, -0.1) is 0 Å². The maximum Gasteiger partial charge on any atom is 0.122 e. The SMILES string of the molecule is c1ccc(COC[C@H]2CN(Cc3ccoc3)Cc3nccn3C2)nc1. The molecule has 25 heavy (non-hydrogen) atoms. The number of aromatic nitrogens is 3. The number of fused-ring (bicyclic) bond motifs is 1. The summed E-state index contributed by atoms with van der Waals surface area (Å²) in [4.78, 5) is 11.2. The lowest BCUT2D eigenvalue weighted by molar-refractivity contribution is 0.0648. The zero-order valence-corrected chi connectivity index (χ0v) is 14.1. The highest BCUT2D eigenvalue weighted by Crippen LogP contribution is 2.18. The van der Waals surface area contributed by atoms with Gasteiger partial charge in [-0.2, -0.15) is 0 Å². The van der Waals surface area contributed by atoms with Gasteiger partial charge in [0, 0.05) is 49.7 Å². The molecule has 0 bridgehead atoms. The second kappa shape index (κ2) is 7.63. The van der Waals surface area contributed by atoms with E-state index in [1.54, 1.807) is 12.5 Å². The molecule has 4 rings (SSSR count). The van der Waals surface area contributed by atoms with Gasteiger partial charge in [0.1, 0.15) is 5.82 Å². The fourth-order valence-electron chi connectivity index (χ4n) is 3.30. The first-order valence-electron chi connectivity index (χ1n) is 8.58. The summed E-state index contributed by atoms with van der Waals surface area (Å²) in [6.07, 6.45) is 9.27. The maximum absolute atomic E-state index is 5.95. The van der Waals surface area contributed by atoms with E-state index in [-0.39, 0.29) is 0 Å². The van der Waals surface area contributed by atoms with Crippen molar-refractivity contribution < 1.29 is 9.15 Å². The molecule has 130 valence electrons. The Hall–Kier alpha value is -2.44. The predicted octanol–water partition coefficient (Wildman–Crippen LogP) is 2.72. The third-order valence-corrected chi connectivity index (χ3v) is 4.45. The molecule has 0 unspecified atom stereocenters. The molecule has 4 heterocycles. The first kappa shape index (κ1) is 16.1. The lowest BCUT2D eigenvalue weighted by atomic mass is 10.1. The Morgan fingerprint density at radius 1 is 1.16 bits per heavy atom. The summed E-state index contributed by atoms with van der Waals surface area (Å²) in [5.74, 6) is 1.52. The molecule has 1 aliphatic rings. The fraction of sp³-hybridized carbons (Fsp3) is 0.368.